The Balaban J connectivity index is 1.59. The van der Waals surface area contributed by atoms with E-state index in [-0.39, 0.29) is 0 Å². The Morgan fingerprint density at radius 3 is 3.11 bits per heavy atom. The summed E-state index contributed by atoms with van der Waals surface area (Å²) in [4.78, 5) is 5.95. The van der Waals surface area contributed by atoms with Gasteiger partial charge in [0.1, 0.15) is 0 Å². The molecule has 2 saturated heterocycles. The van der Waals surface area contributed by atoms with Gasteiger partial charge in [-0.05, 0) is 37.6 Å². The molecule has 2 N–H and O–H groups in total. The summed E-state index contributed by atoms with van der Waals surface area (Å²) in [6, 6.07) is 4.62. The van der Waals surface area contributed by atoms with Crippen LogP contribution in [-0.2, 0) is 11.3 Å². The van der Waals surface area contributed by atoms with Gasteiger partial charge >= 0.3 is 0 Å². The van der Waals surface area contributed by atoms with E-state index in [1.165, 1.54) is 17.7 Å². The molecule has 1 aromatic rings. The minimum Gasteiger partial charge on any atom is -0.373 e. The molecule has 104 valence electrons. The van der Waals surface area contributed by atoms with E-state index in [1.54, 1.807) is 11.3 Å². The van der Waals surface area contributed by atoms with Crippen LogP contribution in [0.5, 0.6) is 0 Å². The fraction of sp³-hybridized carbons (Fsp3) is 0.643. The monoisotopic (exact) mass is 279 g/mol. The molecule has 3 heterocycles. The van der Waals surface area contributed by atoms with Crippen molar-refractivity contribution in [3.8, 4) is 0 Å². The van der Waals surface area contributed by atoms with Crippen molar-refractivity contribution in [2.45, 2.75) is 51.0 Å². The highest BCUT2D eigenvalue weighted by Gasteiger charge is 2.41. The molecule has 3 unspecified atom stereocenters. The van der Waals surface area contributed by atoms with Crippen molar-refractivity contribution in [1.82, 2.24) is 10.6 Å². The number of hydrogen-bond acceptors (Lipinski definition) is 3. The molecule has 3 rings (SSSR count). The van der Waals surface area contributed by atoms with Crippen LogP contribution in [0.2, 0.25) is 0 Å². The first-order chi connectivity index (χ1) is 9.35. The Hall–Kier alpha value is -1.07. The topological polar surface area (TPSA) is 45.7 Å². The summed E-state index contributed by atoms with van der Waals surface area (Å²) < 4.78 is 5.87. The second-order valence-electron chi connectivity index (χ2n) is 5.13. The zero-order valence-corrected chi connectivity index (χ0v) is 12.1. The van der Waals surface area contributed by atoms with Gasteiger partial charge in [-0.15, -0.1) is 11.3 Å². The second kappa shape index (κ2) is 5.92. The van der Waals surface area contributed by atoms with Crippen LogP contribution in [-0.4, -0.2) is 30.8 Å². The third-order valence-corrected chi connectivity index (χ3v) is 4.61. The summed E-state index contributed by atoms with van der Waals surface area (Å²) in [7, 11) is 0. The van der Waals surface area contributed by atoms with E-state index in [4.69, 9.17) is 4.74 Å². The van der Waals surface area contributed by atoms with Crippen LogP contribution in [0.25, 0.3) is 0 Å². The lowest BCUT2D eigenvalue weighted by atomic mass is 9.96. The number of ether oxygens (including phenoxy) is 1. The Kier molecular flexibility index (Phi) is 4.03. The fourth-order valence-corrected chi connectivity index (χ4v) is 3.47. The normalized spacial score (nSPS) is 29.7. The molecule has 3 atom stereocenters. The Morgan fingerprint density at radius 1 is 1.53 bits per heavy atom. The second-order valence-corrected chi connectivity index (χ2v) is 6.17. The number of hydrogen-bond donors (Lipinski definition) is 2. The maximum Gasteiger partial charge on any atom is 0.191 e. The molecule has 1 aromatic heterocycles. The summed E-state index contributed by atoms with van der Waals surface area (Å²) in [6.07, 6.45) is 4.39. The van der Waals surface area contributed by atoms with Crippen LogP contribution >= 0.6 is 11.3 Å². The van der Waals surface area contributed by atoms with E-state index < -0.39 is 0 Å². The molecule has 0 aliphatic carbocycles. The highest BCUT2D eigenvalue weighted by molar-refractivity contribution is 7.09. The molecule has 5 heteroatoms. The van der Waals surface area contributed by atoms with Crippen LogP contribution in [0, 0.1) is 0 Å². The molecule has 0 radical (unpaired) electrons. The molecule has 0 spiro atoms. The van der Waals surface area contributed by atoms with Gasteiger partial charge in [-0.2, -0.15) is 0 Å². The number of rotatable bonds is 4. The highest BCUT2D eigenvalue weighted by Crippen LogP contribution is 2.34. The van der Waals surface area contributed by atoms with Gasteiger partial charge in [0.2, 0.25) is 0 Å². The minimum atomic E-state index is 0.385. The van der Waals surface area contributed by atoms with Crippen LogP contribution in [0.3, 0.4) is 0 Å². The number of thiophene rings is 1. The lowest BCUT2D eigenvalue weighted by Gasteiger charge is -2.22. The number of guanidine groups is 1. The zero-order chi connectivity index (χ0) is 13.1. The first-order valence-electron chi connectivity index (χ1n) is 7.08. The van der Waals surface area contributed by atoms with Gasteiger partial charge in [0, 0.05) is 11.4 Å². The van der Waals surface area contributed by atoms with Crippen molar-refractivity contribution in [3.05, 3.63) is 22.4 Å². The van der Waals surface area contributed by atoms with Gasteiger partial charge in [-0.3, -0.25) is 0 Å². The molecular weight excluding hydrogens is 258 g/mol. The molecule has 0 amide bonds. The molecule has 2 aliphatic heterocycles. The van der Waals surface area contributed by atoms with Gasteiger partial charge in [0.25, 0.3) is 0 Å². The number of fused-ring (bicyclic) bond motifs is 2. The molecule has 2 bridgehead atoms. The predicted molar refractivity (Wildman–Crippen MR) is 78.6 cm³/mol. The summed E-state index contributed by atoms with van der Waals surface area (Å²) in [5, 5.41) is 8.94. The largest absolute Gasteiger partial charge is 0.373 e. The van der Waals surface area contributed by atoms with Crippen LogP contribution in [0.15, 0.2) is 22.5 Å². The van der Waals surface area contributed by atoms with Crippen molar-refractivity contribution in [3.63, 3.8) is 0 Å². The molecule has 4 nitrogen and oxygen atoms in total. The molecule has 19 heavy (non-hydrogen) atoms. The van der Waals surface area contributed by atoms with E-state index in [0.29, 0.717) is 18.2 Å². The van der Waals surface area contributed by atoms with E-state index >= 15 is 0 Å². The van der Waals surface area contributed by atoms with Gasteiger partial charge in [-0.1, -0.05) is 6.07 Å². The Morgan fingerprint density at radius 2 is 2.47 bits per heavy atom. The van der Waals surface area contributed by atoms with E-state index in [9.17, 15) is 0 Å². The SMILES string of the molecule is CCNC(=NCc1cccs1)NC1CC2CCC1O2. The average Bonchev–Trinajstić information content (AvgIpc) is 3.13. The summed E-state index contributed by atoms with van der Waals surface area (Å²) in [5.41, 5.74) is 0. The summed E-state index contributed by atoms with van der Waals surface area (Å²) >= 11 is 1.75. The van der Waals surface area contributed by atoms with E-state index in [2.05, 4.69) is 40.1 Å². The van der Waals surface area contributed by atoms with Crippen LogP contribution < -0.4 is 10.6 Å². The first-order valence-corrected chi connectivity index (χ1v) is 7.96. The van der Waals surface area contributed by atoms with E-state index in [1.807, 2.05) is 0 Å². The Labute approximate surface area is 118 Å². The molecule has 0 saturated carbocycles. The van der Waals surface area contributed by atoms with Crippen molar-refractivity contribution in [2.24, 2.45) is 4.99 Å². The van der Waals surface area contributed by atoms with Crippen molar-refractivity contribution < 1.29 is 4.74 Å². The standard InChI is InChI=1S/C14H21N3OS/c1-2-15-14(16-9-11-4-3-7-19-11)17-12-8-10-5-6-13(12)18-10/h3-4,7,10,12-13H,2,5-6,8-9H2,1H3,(H2,15,16,17). The number of aliphatic imine (C=N–C) groups is 1. The Bertz CT molecular complexity index is 432. The highest BCUT2D eigenvalue weighted by atomic mass is 32.1. The lowest BCUT2D eigenvalue weighted by Crippen LogP contribution is -2.47. The maximum absolute atomic E-state index is 5.87. The lowest BCUT2D eigenvalue weighted by molar-refractivity contribution is 0.0992. The van der Waals surface area contributed by atoms with Crippen molar-refractivity contribution in [1.29, 1.82) is 0 Å². The molecule has 2 aliphatic rings. The van der Waals surface area contributed by atoms with Crippen molar-refractivity contribution in [2.75, 3.05) is 6.54 Å². The van der Waals surface area contributed by atoms with Gasteiger partial charge in [0.15, 0.2) is 5.96 Å². The number of nitrogens with zero attached hydrogens (tertiary/aromatic N) is 1. The third kappa shape index (κ3) is 3.09. The van der Waals surface area contributed by atoms with Gasteiger partial charge < -0.3 is 15.4 Å². The third-order valence-electron chi connectivity index (χ3n) is 3.75. The average molecular weight is 279 g/mol. The van der Waals surface area contributed by atoms with Crippen LogP contribution in [0.4, 0.5) is 0 Å². The van der Waals surface area contributed by atoms with Crippen molar-refractivity contribution >= 4 is 17.3 Å². The summed E-state index contributed by atoms with van der Waals surface area (Å²) in [5.74, 6) is 0.914. The van der Waals surface area contributed by atoms with Gasteiger partial charge in [-0.25, -0.2) is 4.99 Å². The number of nitrogens with one attached hydrogen (secondary N) is 2. The molecule has 2 fully saturated rings. The first kappa shape index (κ1) is 12.9. The maximum atomic E-state index is 5.87. The predicted octanol–water partition coefficient (Wildman–Crippen LogP) is 2.12. The van der Waals surface area contributed by atoms with E-state index in [0.717, 1.165) is 25.5 Å². The quantitative estimate of drug-likeness (QED) is 0.655. The molecule has 0 aromatic carbocycles. The smallest absolute Gasteiger partial charge is 0.191 e. The fourth-order valence-electron chi connectivity index (χ4n) is 2.84. The zero-order valence-electron chi connectivity index (χ0n) is 11.3. The molecular formula is C14H21N3OS. The van der Waals surface area contributed by atoms with Gasteiger partial charge in [0.05, 0.1) is 24.8 Å². The van der Waals surface area contributed by atoms with Crippen LogP contribution in [0.1, 0.15) is 31.1 Å². The summed E-state index contributed by atoms with van der Waals surface area (Å²) in [6.45, 7) is 3.73. The minimum absolute atomic E-state index is 0.385.